The number of ether oxygens (including phenoxy) is 2. The third-order valence-electron chi connectivity index (χ3n) is 8.07. The number of hydrogen-bond acceptors (Lipinski definition) is 8. The van der Waals surface area contributed by atoms with Crippen molar-refractivity contribution in [1.82, 2.24) is 29.9 Å². The van der Waals surface area contributed by atoms with Gasteiger partial charge in [0.2, 0.25) is 5.88 Å². The predicted molar refractivity (Wildman–Crippen MR) is 151 cm³/mol. The van der Waals surface area contributed by atoms with Crippen LogP contribution >= 0.6 is 0 Å². The molecule has 2 aliphatic carbocycles. The van der Waals surface area contributed by atoms with Gasteiger partial charge >= 0.3 is 0 Å². The van der Waals surface area contributed by atoms with Crippen LogP contribution in [0.15, 0.2) is 30.5 Å². The number of aryl methyl sites for hydroxylation is 1. The largest absolute Gasteiger partial charge is 0.491 e. The monoisotopic (exact) mass is 597 g/mol. The fourth-order valence-corrected chi connectivity index (χ4v) is 6.09. The second kappa shape index (κ2) is 10.4. The SMILES string of the molecule is Cn1ncc2cc(C(N)=O)c(O[C@H]3CC4(C[C@H](NC(=O)c5nn(CC(F)F)c6cc(OCC(C)(C)O)ccc56)C4)C3)nc21. The fraction of sp³-hybridized carbons (Fsp3) is 0.483. The summed E-state index contributed by atoms with van der Waals surface area (Å²) in [5.41, 5.74) is 5.69. The first-order chi connectivity index (χ1) is 20.3. The quantitative estimate of drug-likeness (QED) is 0.252. The molecule has 0 bridgehead atoms. The van der Waals surface area contributed by atoms with E-state index < -0.39 is 30.4 Å². The van der Waals surface area contributed by atoms with E-state index in [2.05, 4.69) is 20.5 Å². The molecule has 6 rings (SSSR count). The third kappa shape index (κ3) is 5.70. The molecule has 0 unspecified atom stereocenters. The maximum atomic E-state index is 13.3. The number of aliphatic hydroxyl groups is 1. The summed E-state index contributed by atoms with van der Waals surface area (Å²) in [5, 5.41) is 22.4. The first kappa shape index (κ1) is 28.8. The van der Waals surface area contributed by atoms with E-state index in [9.17, 15) is 23.5 Å². The number of nitrogens with one attached hydrogen (secondary N) is 1. The molecule has 14 heteroatoms. The molecule has 43 heavy (non-hydrogen) atoms. The molecule has 1 aromatic carbocycles. The van der Waals surface area contributed by atoms with Crippen LogP contribution in [-0.4, -0.2) is 72.2 Å². The molecule has 0 saturated heterocycles. The second-order valence-corrected chi connectivity index (χ2v) is 12.3. The molecule has 1 spiro atoms. The van der Waals surface area contributed by atoms with Crippen molar-refractivity contribution < 1.29 is 33.0 Å². The number of amides is 2. The van der Waals surface area contributed by atoms with Crippen LogP contribution in [0, 0.1) is 5.41 Å². The highest BCUT2D eigenvalue weighted by atomic mass is 19.3. The first-order valence-electron chi connectivity index (χ1n) is 14.0. The number of hydrogen-bond donors (Lipinski definition) is 3. The van der Waals surface area contributed by atoms with Crippen LogP contribution in [0.3, 0.4) is 0 Å². The molecule has 3 heterocycles. The summed E-state index contributed by atoms with van der Waals surface area (Å²) in [6.07, 6.45) is 1.75. The molecule has 12 nitrogen and oxygen atoms in total. The molecule has 4 aromatic rings. The molecule has 2 saturated carbocycles. The number of nitrogens with zero attached hydrogens (tertiary/aromatic N) is 5. The average Bonchev–Trinajstić information content (AvgIpc) is 3.43. The zero-order valence-electron chi connectivity index (χ0n) is 24.0. The molecular weight excluding hydrogens is 564 g/mol. The molecule has 0 radical (unpaired) electrons. The van der Waals surface area contributed by atoms with E-state index >= 15 is 0 Å². The summed E-state index contributed by atoms with van der Waals surface area (Å²) in [6, 6.07) is 6.32. The van der Waals surface area contributed by atoms with E-state index in [0.29, 0.717) is 27.7 Å². The predicted octanol–water partition coefficient (Wildman–Crippen LogP) is 2.95. The molecular formula is C29H33F2N7O5. The van der Waals surface area contributed by atoms with Crippen molar-refractivity contribution in [3.63, 3.8) is 0 Å². The lowest BCUT2D eigenvalue weighted by atomic mass is 9.53. The van der Waals surface area contributed by atoms with Crippen molar-refractivity contribution in [2.24, 2.45) is 18.2 Å². The van der Waals surface area contributed by atoms with E-state index in [1.165, 1.54) is 0 Å². The summed E-state index contributed by atoms with van der Waals surface area (Å²) in [4.78, 5) is 29.7. The number of primary amides is 1. The van der Waals surface area contributed by atoms with Crippen molar-refractivity contribution >= 4 is 33.8 Å². The fourth-order valence-electron chi connectivity index (χ4n) is 6.09. The molecule has 4 N–H and O–H groups in total. The van der Waals surface area contributed by atoms with Crippen LogP contribution in [0.25, 0.3) is 21.9 Å². The van der Waals surface area contributed by atoms with Gasteiger partial charge in [-0.2, -0.15) is 15.2 Å². The van der Waals surface area contributed by atoms with Crippen molar-refractivity contribution in [3.8, 4) is 11.6 Å². The van der Waals surface area contributed by atoms with E-state index in [4.69, 9.17) is 15.2 Å². The number of carbonyl (C=O) groups excluding carboxylic acids is 2. The Morgan fingerprint density at radius 2 is 1.98 bits per heavy atom. The van der Waals surface area contributed by atoms with Gasteiger partial charge in [0.25, 0.3) is 18.2 Å². The van der Waals surface area contributed by atoms with Crippen LogP contribution in [0.5, 0.6) is 11.6 Å². The van der Waals surface area contributed by atoms with Gasteiger partial charge in [-0.1, -0.05) is 0 Å². The Morgan fingerprint density at radius 3 is 2.65 bits per heavy atom. The third-order valence-corrected chi connectivity index (χ3v) is 8.07. The maximum Gasteiger partial charge on any atom is 0.272 e. The van der Waals surface area contributed by atoms with Crippen LogP contribution in [0.1, 0.15) is 60.4 Å². The van der Waals surface area contributed by atoms with Gasteiger partial charge in [0.15, 0.2) is 11.3 Å². The van der Waals surface area contributed by atoms with Crippen LogP contribution < -0.4 is 20.5 Å². The van der Waals surface area contributed by atoms with Crippen molar-refractivity contribution in [3.05, 3.63) is 41.7 Å². The van der Waals surface area contributed by atoms with Gasteiger partial charge in [0.05, 0.1) is 17.3 Å². The summed E-state index contributed by atoms with van der Waals surface area (Å²) >= 11 is 0. The van der Waals surface area contributed by atoms with Crippen LogP contribution in [0.2, 0.25) is 0 Å². The number of benzene rings is 1. The Kier molecular flexibility index (Phi) is 6.98. The van der Waals surface area contributed by atoms with Gasteiger partial charge < -0.3 is 25.6 Å². The average molecular weight is 598 g/mol. The highest BCUT2D eigenvalue weighted by Gasteiger charge is 2.54. The lowest BCUT2D eigenvalue weighted by Crippen LogP contribution is -2.58. The lowest BCUT2D eigenvalue weighted by molar-refractivity contribution is -0.0847. The van der Waals surface area contributed by atoms with Crippen molar-refractivity contribution in [2.45, 2.75) is 70.2 Å². The highest BCUT2D eigenvalue weighted by Crippen LogP contribution is 2.57. The van der Waals surface area contributed by atoms with Gasteiger partial charge in [0, 0.05) is 29.9 Å². The topological polar surface area (TPSA) is 159 Å². The Morgan fingerprint density at radius 1 is 1.23 bits per heavy atom. The van der Waals surface area contributed by atoms with Gasteiger partial charge in [-0.15, -0.1) is 0 Å². The molecule has 2 amide bonds. The lowest BCUT2D eigenvalue weighted by Gasteiger charge is -2.57. The maximum absolute atomic E-state index is 13.3. The number of alkyl halides is 2. The van der Waals surface area contributed by atoms with Gasteiger partial charge in [-0.3, -0.25) is 19.0 Å². The van der Waals surface area contributed by atoms with Gasteiger partial charge in [0.1, 0.15) is 30.6 Å². The molecule has 3 aromatic heterocycles. The minimum Gasteiger partial charge on any atom is -0.491 e. The molecule has 0 aliphatic heterocycles. The standard InChI is InChI=1S/C29H33F2N7O5/c1-28(2,41)14-42-17-4-5-19-21(7-17)38(13-22(30)31)36-23(19)26(40)34-16-8-29(9-16)10-18(11-29)43-27-20(24(32)39)6-15-12-33-37(3)25(15)35-27/h4-7,12,16,18,22,41H,8-11,13-14H2,1-3H3,(H2,32,39)(H,34,40)/t16-,18-,29?. The number of halogens is 2. The Balaban J connectivity index is 1.09. The number of aromatic nitrogens is 5. The van der Waals surface area contributed by atoms with Crippen LogP contribution in [-0.2, 0) is 13.6 Å². The van der Waals surface area contributed by atoms with Gasteiger partial charge in [-0.05, 0) is 63.1 Å². The Hall–Kier alpha value is -4.33. The number of carbonyl (C=O) groups is 2. The Bertz CT molecular complexity index is 1710. The van der Waals surface area contributed by atoms with Crippen LogP contribution in [0.4, 0.5) is 8.78 Å². The van der Waals surface area contributed by atoms with Crippen molar-refractivity contribution in [2.75, 3.05) is 6.61 Å². The summed E-state index contributed by atoms with van der Waals surface area (Å²) in [7, 11) is 1.75. The van der Waals surface area contributed by atoms with Crippen molar-refractivity contribution in [1.29, 1.82) is 0 Å². The molecule has 0 atom stereocenters. The van der Waals surface area contributed by atoms with E-state index in [1.54, 1.807) is 56.0 Å². The highest BCUT2D eigenvalue weighted by molar-refractivity contribution is 6.05. The minimum absolute atomic E-state index is 0.00655. The number of rotatable bonds is 10. The van der Waals surface area contributed by atoms with Gasteiger partial charge in [-0.25, -0.2) is 8.78 Å². The summed E-state index contributed by atoms with van der Waals surface area (Å²) < 4.78 is 41.0. The number of fused-ring (bicyclic) bond motifs is 2. The summed E-state index contributed by atoms with van der Waals surface area (Å²) in [5.74, 6) is -0.504. The van der Waals surface area contributed by atoms with E-state index in [0.717, 1.165) is 30.4 Å². The van der Waals surface area contributed by atoms with E-state index in [-0.39, 0.29) is 41.3 Å². The first-order valence-corrected chi connectivity index (χ1v) is 14.0. The number of pyridine rings is 1. The second-order valence-electron chi connectivity index (χ2n) is 12.3. The van der Waals surface area contributed by atoms with E-state index in [1.807, 2.05) is 0 Å². The smallest absolute Gasteiger partial charge is 0.272 e. The normalized spacial score (nSPS) is 21.7. The summed E-state index contributed by atoms with van der Waals surface area (Å²) in [6.45, 7) is 2.52. The zero-order valence-corrected chi connectivity index (χ0v) is 24.0. The Labute approximate surface area is 245 Å². The zero-order chi connectivity index (χ0) is 30.7. The number of nitrogens with two attached hydrogens (primary N) is 1. The molecule has 2 aliphatic rings. The molecule has 2 fully saturated rings. The minimum atomic E-state index is -2.67. The molecule has 228 valence electrons.